The summed E-state index contributed by atoms with van der Waals surface area (Å²) in [6, 6.07) is 4.22. The van der Waals surface area contributed by atoms with Crippen LogP contribution in [0, 0.1) is 0 Å². The summed E-state index contributed by atoms with van der Waals surface area (Å²) in [6.07, 6.45) is 4.37. The molecule has 0 aliphatic carbocycles. The van der Waals surface area contributed by atoms with Gasteiger partial charge in [-0.15, -0.1) is 0 Å². The van der Waals surface area contributed by atoms with E-state index >= 15 is 0 Å². The van der Waals surface area contributed by atoms with Gasteiger partial charge >= 0.3 is 0 Å². The van der Waals surface area contributed by atoms with Crippen LogP contribution in [0.1, 0.15) is 26.2 Å². The number of hydrogen-bond acceptors (Lipinski definition) is 3. The topological polar surface area (TPSA) is 31.0 Å². The molecule has 0 radical (unpaired) electrons. The molecule has 17 heavy (non-hydrogen) atoms. The fraction of sp³-hybridized carbons (Fsp3) is 1.00. The van der Waals surface area contributed by atoms with Gasteiger partial charge in [-0.05, 0) is 12.5 Å². The minimum absolute atomic E-state index is 0.414. The Morgan fingerprint density at radius 3 is 2.59 bits per heavy atom. The maximum atomic E-state index is 5.58. The maximum absolute atomic E-state index is 5.58. The molecule has 3 nitrogen and oxygen atoms in total. The summed E-state index contributed by atoms with van der Waals surface area (Å²) in [5, 5.41) is 0. The van der Waals surface area contributed by atoms with Gasteiger partial charge in [-0.25, -0.2) is 0 Å². The van der Waals surface area contributed by atoms with Crippen molar-refractivity contribution in [3.8, 4) is 0 Å². The Balaban J connectivity index is 1.95. The third-order valence-corrected chi connectivity index (χ3v) is 6.80. The molecule has 2 unspecified atom stereocenters. The number of unbranched alkanes of at least 4 members (excludes halogenated alkanes) is 1. The van der Waals surface area contributed by atoms with E-state index in [9.17, 15) is 0 Å². The van der Waals surface area contributed by atoms with Crippen LogP contribution in [0.4, 0.5) is 0 Å². The molecule has 1 heterocycles. The lowest BCUT2D eigenvalue weighted by Gasteiger charge is -2.14. The summed E-state index contributed by atoms with van der Waals surface area (Å²) in [5.41, 5.74) is 0. The maximum Gasteiger partial charge on any atom is 0.104 e. The summed E-state index contributed by atoms with van der Waals surface area (Å²) in [4.78, 5) is 0. The van der Waals surface area contributed by atoms with Gasteiger partial charge in [0.05, 0.1) is 13.2 Å². The average molecular weight is 260 g/mol. The molecule has 1 fully saturated rings. The van der Waals surface area contributed by atoms with E-state index in [0.717, 1.165) is 26.4 Å². The molecule has 1 aliphatic rings. The molecule has 0 saturated carbocycles. The highest BCUT2D eigenvalue weighted by atomic mass is 28.3. The molecule has 0 amide bonds. The zero-order valence-corrected chi connectivity index (χ0v) is 12.6. The highest BCUT2D eigenvalue weighted by Crippen LogP contribution is 2.13. The first-order valence-electron chi connectivity index (χ1n) is 7.05. The smallest absolute Gasteiger partial charge is 0.104 e. The van der Waals surface area contributed by atoms with Crippen molar-refractivity contribution in [1.82, 2.24) is 0 Å². The highest BCUT2D eigenvalue weighted by molar-refractivity contribution is 6.58. The Morgan fingerprint density at radius 1 is 1.18 bits per heavy atom. The van der Waals surface area contributed by atoms with Crippen molar-refractivity contribution in [2.75, 3.05) is 33.5 Å². The SMILES string of the molecule is CCCC[SiH](CCCOCC1CO1)CCOC. The first-order valence-corrected chi connectivity index (χ1v) is 9.50. The summed E-state index contributed by atoms with van der Waals surface area (Å²) < 4.78 is 15.9. The van der Waals surface area contributed by atoms with Crippen LogP contribution in [0.15, 0.2) is 0 Å². The van der Waals surface area contributed by atoms with Crippen LogP contribution in [-0.2, 0) is 14.2 Å². The van der Waals surface area contributed by atoms with Gasteiger partial charge < -0.3 is 14.2 Å². The van der Waals surface area contributed by atoms with E-state index in [0.29, 0.717) is 6.10 Å². The normalized spacial score (nSPS) is 20.5. The van der Waals surface area contributed by atoms with Gasteiger partial charge in [-0.1, -0.05) is 31.9 Å². The van der Waals surface area contributed by atoms with E-state index in [1.165, 1.54) is 37.4 Å². The van der Waals surface area contributed by atoms with Crippen LogP contribution in [0.25, 0.3) is 0 Å². The van der Waals surface area contributed by atoms with Crippen LogP contribution in [0.3, 0.4) is 0 Å². The van der Waals surface area contributed by atoms with Gasteiger partial charge in [-0.2, -0.15) is 0 Å². The van der Waals surface area contributed by atoms with Crippen molar-refractivity contribution in [1.29, 1.82) is 0 Å². The predicted octanol–water partition coefficient (Wildman–Crippen LogP) is 2.47. The molecule has 1 aliphatic heterocycles. The van der Waals surface area contributed by atoms with E-state index in [2.05, 4.69) is 6.92 Å². The molecule has 0 aromatic heterocycles. The third-order valence-electron chi connectivity index (χ3n) is 3.30. The number of rotatable bonds is 12. The average Bonchev–Trinajstić information content (AvgIpc) is 3.15. The molecule has 0 bridgehead atoms. The Hall–Kier alpha value is 0.0969. The van der Waals surface area contributed by atoms with E-state index in [4.69, 9.17) is 14.2 Å². The first-order chi connectivity index (χ1) is 8.36. The second-order valence-corrected chi connectivity index (χ2v) is 8.43. The minimum Gasteiger partial charge on any atom is -0.385 e. The Kier molecular flexibility index (Phi) is 8.97. The summed E-state index contributed by atoms with van der Waals surface area (Å²) in [6.45, 7) is 5.86. The molecule has 0 N–H and O–H groups in total. The van der Waals surface area contributed by atoms with E-state index < -0.39 is 8.80 Å². The molecule has 4 heteroatoms. The van der Waals surface area contributed by atoms with Crippen molar-refractivity contribution in [3.05, 3.63) is 0 Å². The molecular formula is C13H28O3Si. The van der Waals surface area contributed by atoms with E-state index in [-0.39, 0.29) is 0 Å². The van der Waals surface area contributed by atoms with Crippen molar-refractivity contribution in [3.63, 3.8) is 0 Å². The Morgan fingerprint density at radius 2 is 1.94 bits per heavy atom. The second-order valence-electron chi connectivity index (χ2n) is 4.96. The monoisotopic (exact) mass is 260 g/mol. The second kappa shape index (κ2) is 10.1. The predicted molar refractivity (Wildman–Crippen MR) is 73.5 cm³/mol. The number of ether oxygens (including phenoxy) is 3. The standard InChI is InChI=1S/C13H28O3Si/c1-3-4-8-17(10-7-14-2)9-5-6-15-11-13-12-16-13/h13,17H,3-12H2,1-2H3. The van der Waals surface area contributed by atoms with Crippen LogP contribution < -0.4 is 0 Å². The van der Waals surface area contributed by atoms with Crippen LogP contribution in [0.5, 0.6) is 0 Å². The van der Waals surface area contributed by atoms with Crippen LogP contribution in [-0.4, -0.2) is 48.4 Å². The molecule has 102 valence electrons. The van der Waals surface area contributed by atoms with E-state index in [1.807, 2.05) is 7.11 Å². The fourth-order valence-corrected chi connectivity index (χ4v) is 5.23. The van der Waals surface area contributed by atoms with Gasteiger partial charge in [0.2, 0.25) is 0 Å². The van der Waals surface area contributed by atoms with Crippen molar-refractivity contribution in [2.45, 2.75) is 50.4 Å². The number of hydrogen-bond donors (Lipinski definition) is 0. The molecule has 0 aromatic carbocycles. The van der Waals surface area contributed by atoms with Gasteiger partial charge in [-0.3, -0.25) is 0 Å². The van der Waals surface area contributed by atoms with Gasteiger partial charge in [0, 0.05) is 29.1 Å². The van der Waals surface area contributed by atoms with Gasteiger partial charge in [0.15, 0.2) is 0 Å². The minimum atomic E-state index is -0.557. The molecule has 1 rings (SSSR count). The molecule has 0 aromatic rings. The van der Waals surface area contributed by atoms with Crippen molar-refractivity contribution < 1.29 is 14.2 Å². The van der Waals surface area contributed by atoms with Crippen LogP contribution >= 0.6 is 0 Å². The quantitative estimate of drug-likeness (QED) is 0.307. The number of methoxy groups -OCH3 is 1. The molecular weight excluding hydrogens is 232 g/mol. The van der Waals surface area contributed by atoms with Crippen molar-refractivity contribution >= 4 is 8.80 Å². The first kappa shape index (κ1) is 15.2. The van der Waals surface area contributed by atoms with Crippen molar-refractivity contribution in [2.24, 2.45) is 0 Å². The lowest BCUT2D eigenvalue weighted by molar-refractivity contribution is 0.117. The van der Waals surface area contributed by atoms with E-state index in [1.54, 1.807) is 0 Å². The lowest BCUT2D eigenvalue weighted by atomic mass is 10.4. The Labute approximate surface area is 107 Å². The third kappa shape index (κ3) is 8.77. The molecule has 0 spiro atoms. The largest absolute Gasteiger partial charge is 0.385 e. The molecule has 1 saturated heterocycles. The van der Waals surface area contributed by atoms with Gasteiger partial charge in [0.1, 0.15) is 6.10 Å². The summed E-state index contributed by atoms with van der Waals surface area (Å²) >= 11 is 0. The highest BCUT2D eigenvalue weighted by Gasteiger charge is 2.22. The van der Waals surface area contributed by atoms with Gasteiger partial charge in [0.25, 0.3) is 0 Å². The summed E-state index contributed by atoms with van der Waals surface area (Å²) in [7, 11) is 1.25. The van der Waals surface area contributed by atoms with Crippen LogP contribution in [0.2, 0.25) is 18.1 Å². The number of epoxide rings is 1. The Bertz CT molecular complexity index is 166. The molecule has 2 atom stereocenters. The zero-order chi connectivity index (χ0) is 12.3. The fourth-order valence-electron chi connectivity index (χ4n) is 2.06. The zero-order valence-electron chi connectivity index (χ0n) is 11.5. The lowest BCUT2D eigenvalue weighted by Crippen LogP contribution is -2.15. The summed E-state index contributed by atoms with van der Waals surface area (Å²) in [5.74, 6) is 0.